The van der Waals surface area contributed by atoms with E-state index in [-0.39, 0.29) is 18.0 Å². The van der Waals surface area contributed by atoms with Crippen molar-refractivity contribution in [1.29, 1.82) is 0 Å². The molecule has 27 heavy (non-hydrogen) atoms. The minimum Gasteiger partial charge on any atom is -0.324 e. The van der Waals surface area contributed by atoms with Gasteiger partial charge in [0.15, 0.2) is 5.65 Å². The molecular weight excluding hydrogens is 340 g/mol. The van der Waals surface area contributed by atoms with Crippen molar-refractivity contribution in [3.63, 3.8) is 0 Å². The summed E-state index contributed by atoms with van der Waals surface area (Å²) in [4.78, 5) is 34.2. The van der Waals surface area contributed by atoms with E-state index in [0.29, 0.717) is 11.0 Å². The van der Waals surface area contributed by atoms with Gasteiger partial charge in [0.05, 0.1) is 5.39 Å². The van der Waals surface area contributed by atoms with Gasteiger partial charge in [-0.2, -0.15) is 0 Å². The molecule has 2 heterocycles. The van der Waals surface area contributed by atoms with Crippen LogP contribution < -0.4 is 10.9 Å². The summed E-state index contributed by atoms with van der Waals surface area (Å²) in [6, 6.07) is 9.59. The third kappa shape index (κ3) is 3.47. The first-order valence-corrected chi connectivity index (χ1v) is 9.41. The molecule has 0 radical (unpaired) electrons. The highest BCUT2D eigenvalue weighted by atomic mass is 16.2. The molecule has 4 rings (SSSR count). The van der Waals surface area contributed by atoms with Crippen LogP contribution in [0.2, 0.25) is 0 Å². The van der Waals surface area contributed by atoms with Crippen molar-refractivity contribution in [1.82, 2.24) is 14.5 Å². The fourth-order valence-electron chi connectivity index (χ4n) is 3.62. The number of benzene rings is 1. The van der Waals surface area contributed by atoms with Gasteiger partial charge in [-0.15, -0.1) is 0 Å². The van der Waals surface area contributed by atoms with Gasteiger partial charge in [-0.25, -0.2) is 9.97 Å². The van der Waals surface area contributed by atoms with Crippen LogP contribution >= 0.6 is 0 Å². The first kappa shape index (κ1) is 17.4. The highest BCUT2D eigenvalue weighted by Gasteiger charge is 2.15. The highest BCUT2D eigenvalue weighted by molar-refractivity contribution is 5.91. The van der Waals surface area contributed by atoms with Crippen LogP contribution in [0.25, 0.3) is 11.0 Å². The summed E-state index contributed by atoms with van der Waals surface area (Å²) in [5.41, 5.74) is 4.26. The molecule has 1 aliphatic rings. The second kappa shape index (κ2) is 7.31. The van der Waals surface area contributed by atoms with Gasteiger partial charge in [0.1, 0.15) is 12.9 Å². The minimum atomic E-state index is -0.245. The molecule has 0 atom stereocenters. The molecule has 138 valence electrons. The quantitative estimate of drug-likeness (QED) is 0.774. The van der Waals surface area contributed by atoms with Crippen molar-refractivity contribution < 1.29 is 4.79 Å². The van der Waals surface area contributed by atoms with Crippen molar-refractivity contribution in [3.05, 3.63) is 63.8 Å². The zero-order chi connectivity index (χ0) is 18.8. The Morgan fingerprint density at radius 1 is 1.22 bits per heavy atom. The van der Waals surface area contributed by atoms with Gasteiger partial charge >= 0.3 is 0 Å². The lowest BCUT2D eigenvalue weighted by Crippen LogP contribution is -2.28. The second-order valence-corrected chi connectivity index (χ2v) is 6.91. The van der Waals surface area contributed by atoms with Crippen molar-refractivity contribution in [3.8, 4) is 0 Å². The van der Waals surface area contributed by atoms with Crippen LogP contribution in [0, 0.1) is 0 Å². The third-order valence-electron chi connectivity index (χ3n) is 5.08. The number of amides is 1. The molecule has 0 saturated carbocycles. The topological polar surface area (TPSA) is 76.9 Å². The molecule has 2 aromatic heterocycles. The number of rotatable bonds is 4. The number of hydrogen-bond acceptors (Lipinski definition) is 4. The summed E-state index contributed by atoms with van der Waals surface area (Å²) in [7, 11) is 0. The van der Waals surface area contributed by atoms with Crippen LogP contribution in [0.4, 0.5) is 5.69 Å². The van der Waals surface area contributed by atoms with Crippen LogP contribution in [-0.4, -0.2) is 20.4 Å². The zero-order valence-corrected chi connectivity index (χ0v) is 15.4. The van der Waals surface area contributed by atoms with Gasteiger partial charge in [0, 0.05) is 11.4 Å². The lowest BCUT2D eigenvalue weighted by atomic mass is 9.95. The van der Waals surface area contributed by atoms with E-state index in [1.54, 1.807) is 0 Å². The lowest BCUT2D eigenvalue weighted by molar-refractivity contribution is -0.116. The highest BCUT2D eigenvalue weighted by Crippen LogP contribution is 2.21. The van der Waals surface area contributed by atoms with Gasteiger partial charge < -0.3 is 5.32 Å². The first-order valence-electron chi connectivity index (χ1n) is 9.41. The minimum absolute atomic E-state index is 0.0725. The average Bonchev–Trinajstić information content (AvgIpc) is 2.69. The number of anilines is 1. The number of carbonyl (C=O) groups excluding carboxylic acids is 1. The Bertz CT molecular complexity index is 1070. The summed E-state index contributed by atoms with van der Waals surface area (Å²) in [5.74, 6) is -0.245. The number of carbonyl (C=O) groups is 1. The summed E-state index contributed by atoms with van der Waals surface area (Å²) < 4.78 is 1.35. The predicted octanol–water partition coefficient (Wildman–Crippen LogP) is 2.87. The Morgan fingerprint density at radius 3 is 2.89 bits per heavy atom. The molecule has 0 aliphatic heterocycles. The Labute approximate surface area is 157 Å². The largest absolute Gasteiger partial charge is 0.324 e. The maximum atomic E-state index is 12.8. The molecule has 1 aliphatic carbocycles. The molecule has 0 fully saturated rings. The van der Waals surface area contributed by atoms with Crippen molar-refractivity contribution in [2.75, 3.05) is 5.32 Å². The van der Waals surface area contributed by atoms with Crippen molar-refractivity contribution in [2.45, 2.75) is 45.6 Å². The van der Waals surface area contributed by atoms with E-state index in [1.807, 2.05) is 37.3 Å². The summed E-state index contributed by atoms with van der Waals surface area (Å²) in [5, 5.41) is 3.38. The molecule has 1 amide bonds. The Morgan fingerprint density at radius 2 is 2.04 bits per heavy atom. The monoisotopic (exact) mass is 362 g/mol. The van der Waals surface area contributed by atoms with Crippen molar-refractivity contribution in [2.24, 2.45) is 0 Å². The number of hydrogen-bond donors (Lipinski definition) is 1. The zero-order valence-electron chi connectivity index (χ0n) is 15.4. The SMILES string of the molecule is CCc1ccccc1NC(=O)Cn1cnc2nc3c(cc2c1=O)CCCC3. The lowest BCUT2D eigenvalue weighted by Gasteiger charge is -2.15. The molecule has 0 saturated heterocycles. The van der Waals surface area contributed by atoms with Gasteiger partial charge in [0.25, 0.3) is 5.56 Å². The van der Waals surface area contributed by atoms with Crippen LogP contribution in [-0.2, 0) is 30.6 Å². The van der Waals surface area contributed by atoms with E-state index >= 15 is 0 Å². The van der Waals surface area contributed by atoms with Gasteiger partial charge in [-0.1, -0.05) is 25.1 Å². The third-order valence-corrected chi connectivity index (χ3v) is 5.08. The Hall–Kier alpha value is -3.02. The molecule has 6 heteroatoms. The molecule has 0 bridgehead atoms. The number of para-hydroxylation sites is 1. The fraction of sp³-hybridized carbons (Fsp3) is 0.333. The van der Waals surface area contributed by atoms with Gasteiger partial charge in [0.2, 0.25) is 5.91 Å². The van der Waals surface area contributed by atoms with Crippen LogP contribution in [0.3, 0.4) is 0 Å². The first-order chi connectivity index (χ1) is 13.2. The maximum absolute atomic E-state index is 12.8. The fourth-order valence-corrected chi connectivity index (χ4v) is 3.62. The number of aryl methyl sites for hydroxylation is 3. The van der Waals surface area contributed by atoms with Crippen LogP contribution in [0.5, 0.6) is 0 Å². The molecule has 0 unspecified atom stereocenters. The van der Waals surface area contributed by atoms with Crippen LogP contribution in [0.15, 0.2) is 41.5 Å². The normalized spacial score (nSPS) is 13.4. The molecule has 6 nitrogen and oxygen atoms in total. The van der Waals surface area contributed by atoms with E-state index in [1.165, 1.54) is 10.9 Å². The van der Waals surface area contributed by atoms with Gasteiger partial charge in [-0.05, 0) is 55.4 Å². The number of aromatic nitrogens is 3. The standard InChI is InChI=1S/C21H22N4O2/c1-2-14-7-3-5-9-17(14)23-19(26)12-25-13-22-20-16(21(25)27)11-15-8-4-6-10-18(15)24-20/h3,5,7,9,11,13H,2,4,6,8,10,12H2,1H3,(H,23,26). The Kier molecular flexibility index (Phi) is 4.71. The van der Waals surface area contributed by atoms with E-state index in [0.717, 1.165) is 54.6 Å². The number of nitrogens with one attached hydrogen (secondary N) is 1. The second-order valence-electron chi connectivity index (χ2n) is 6.91. The van der Waals surface area contributed by atoms with E-state index in [4.69, 9.17) is 0 Å². The summed E-state index contributed by atoms with van der Waals surface area (Å²) in [6.07, 6.45) is 6.37. The number of nitrogens with zero attached hydrogens (tertiary/aromatic N) is 3. The maximum Gasteiger partial charge on any atom is 0.263 e. The van der Waals surface area contributed by atoms with Crippen LogP contribution in [0.1, 0.15) is 36.6 Å². The molecule has 3 aromatic rings. The Balaban J connectivity index is 1.61. The van der Waals surface area contributed by atoms with E-state index < -0.39 is 0 Å². The van der Waals surface area contributed by atoms with E-state index in [2.05, 4.69) is 15.3 Å². The van der Waals surface area contributed by atoms with Crippen molar-refractivity contribution >= 4 is 22.6 Å². The molecule has 0 spiro atoms. The summed E-state index contributed by atoms with van der Waals surface area (Å²) in [6.45, 7) is 1.97. The molecule has 1 N–H and O–H groups in total. The average molecular weight is 362 g/mol. The van der Waals surface area contributed by atoms with E-state index in [9.17, 15) is 9.59 Å². The summed E-state index contributed by atoms with van der Waals surface area (Å²) >= 11 is 0. The molecule has 1 aromatic carbocycles. The predicted molar refractivity (Wildman–Crippen MR) is 105 cm³/mol. The molecular formula is C21H22N4O2. The van der Waals surface area contributed by atoms with Gasteiger partial charge in [-0.3, -0.25) is 14.2 Å². The number of pyridine rings is 1. The number of fused-ring (bicyclic) bond motifs is 2. The smallest absolute Gasteiger partial charge is 0.263 e.